The molecule has 3 aliphatic carbocycles. The molecule has 0 bridgehead atoms. The van der Waals surface area contributed by atoms with Crippen LogP contribution in [0.1, 0.15) is 25.7 Å². The van der Waals surface area contributed by atoms with E-state index in [0.717, 1.165) is 0 Å². The first-order valence-corrected chi connectivity index (χ1v) is 7.23. The molecule has 6 nitrogen and oxygen atoms in total. The van der Waals surface area contributed by atoms with Gasteiger partial charge in [0.15, 0.2) is 0 Å². The first kappa shape index (κ1) is 14.1. The maximum atomic E-state index is 12.6. The number of rotatable bonds is 0. The maximum Gasteiger partial charge on any atom is 0.145 e. The summed E-state index contributed by atoms with van der Waals surface area (Å²) in [4.78, 5) is 25.1. The number of aliphatic hydroxyl groups is 4. The van der Waals surface area contributed by atoms with Crippen molar-refractivity contribution in [2.45, 2.75) is 50.1 Å². The Morgan fingerprint density at radius 2 is 0.750 bits per heavy atom. The topological polar surface area (TPSA) is 115 Å². The molecule has 0 aromatic rings. The highest BCUT2D eigenvalue weighted by Crippen LogP contribution is 2.46. The second-order valence-corrected chi connectivity index (χ2v) is 6.33. The van der Waals surface area contributed by atoms with Crippen molar-refractivity contribution in [1.82, 2.24) is 0 Å². The average molecular weight is 284 g/mol. The van der Waals surface area contributed by atoms with Gasteiger partial charge in [-0.2, -0.15) is 0 Å². The van der Waals surface area contributed by atoms with Gasteiger partial charge in [-0.05, 0) is 25.7 Å². The van der Waals surface area contributed by atoms with Crippen molar-refractivity contribution < 1.29 is 30.0 Å². The van der Waals surface area contributed by atoms with Gasteiger partial charge in [-0.1, -0.05) is 0 Å². The second-order valence-electron chi connectivity index (χ2n) is 6.33. The Hall–Kier alpha value is -0.820. The molecule has 0 saturated heterocycles. The predicted molar refractivity (Wildman–Crippen MR) is 66.5 cm³/mol. The first-order chi connectivity index (χ1) is 9.43. The molecule has 8 atom stereocenters. The molecular weight excluding hydrogens is 264 g/mol. The van der Waals surface area contributed by atoms with Crippen molar-refractivity contribution >= 4 is 11.6 Å². The van der Waals surface area contributed by atoms with Crippen molar-refractivity contribution in [3.63, 3.8) is 0 Å². The minimum absolute atomic E-state index is 0.275. The van der Waals surface area contributed by atoms with E-state index in [2.05, 4.69) is 0 Å². The van der Waals surface area contributed by atoms with Crippen LogP contribution in [0.3, 0.4) is 0 Å². The van der Waals surface area contributed by atoms with Gasteiger partial charge in [0.1, 0.15) is 11.6 Å². The summed E-state index contributed by atoms with van der Waals surface area (Å²) in [6, 6.07) is 0. The van der Waals surface area contributed by atoms with Gasteiger partial charge >= 0.3 is 0 Å². The van der Waals surface area contributed by atoms with Gasteiger partial charge in [-0.15, -0.1) is 0 Å². The van der Waals surface area contributed by atoms with E-state index in [-0.39, 0.29) is 37.2 Å². The molecule has 112 valence electrons. The monoisotopic (exact) mass is 284 g/mol. The number of ketones is 2. The van der Waals surface area contributed by atoms with Crippen molar-refractivity contribution in [3.05, 3.63) is 0 Å². The highest BCUT2D eigenvalue weighted by atomic mass is 16.3. The van der Waals surface area contributed by atoms with Crippen molar-refractivity contribution in [3.8, 4) is 0 Å². The third-order valence-electron chi connectivity index (χ3n) is 5.26. The molecule has 3 saturated carbocycles. The summed E-state index contributed by atoms with van der Waals surface area (Å²) in [5.41, 5.74) is 0. The van der Waals surface area contributed by atoms with Crippen molar-refractivity contribution in [1.29, 1.82) is 0 Å². The second kappa shape index (κ2) is 4.87. The number of fused-ring (bicyclic) bond motifs is 2. The van der Waals surface area contributed by atoms with Crippen LogP contribution in [0.4, 0.5) is 0 Å². The molecule has 3 rings (SSSR count). The highest BCUT2D eigenvalue weighted by molar-refractivity contribution is 6.01. The fraction of sp³-hybridized carbons (Fsp3) is 0.857. The Morgan fingerprint density at radius 3 is 0.950 bits per heavy atom. The van der Waals surface area contributed by atoms with Gasteiger partial charge < -0.3 is 20.4 Å². The van der Waals surface area contributed by atoms with Crippen LogP contribution in [-0.2, 0) is 9.59 Å². The van der Waals surface area contributed by atoms with Gasteiger partial charge in [-0.3, -0.25) is 9.59 Å². The molecule has 6 heteroatoms. The molecule has 0 heterocycles. The van der Waals surface area contributed by atoms with Gasteiger partial charge in [0.2, 0.25) is 0 Å². The van der Waals surface area contributed by atoms with Crippen molar-refractivity contribution in [2.75, 3.05) is 0 Å². The zero-order valence-corrected chi connectivity index (χ0v) is 11.1. The number of carbonyl (C=O) groups is 2. The Labute approximate surface area is 116 Å². The molecule has 0 amide bonds. The van der Waals surface area contributed by atoms with E-state index in [9.17, 15) is 30.0 Å². The van der Waals surface area contributed by atoms with E-state index in [4.69, 9.17) is 0 Å². The third kappa shape index (κ3) is 1.86. The van der Waals surface area contributed by atoms with Crippen LogP contribution in [0, 0.1) is 23.7 Å². The lowest BCUT2D eigenvalue weighted by Gasteiger charge is -2.49. The summed E-state index contributed by atoms with van der Waals surface area (Å²) < 4.78 is 0. The van der Waals surface area contributed by atoms with E-state index in [1.807, 2.05) is 0 Å². The zero-order chi connectivity index (χ0) is 14.6. The maximum absolute atomic E-state index is 12.6. The molecule has 20 heavy (non-hydrogen) atoms. The van der Waals surface area contributed by atoms with E-state index >= 15 is 0 Å². The summed E-state index contributed by atoms with van der Waals surface area (Å²) in [7, 11) is 0. The van der Waals surface area contributed by atoms with Crippen LogP contribution in [-0.4, -0.2) is 56.4 Å². The third-order valence-corrected chi connectivity index (χ3v) is 5.26. The number of hydrogen-bond acceptors (Lipinski definition) is 6. The fourth-order valence-electron chi connectivity index (χ4n) is 4.27. The van der Waals surface area contributed by atoms with Gasteiger partial charge in [0, 0.05) is 0 Å². The molecule has 8 unspecified atom stereocenters. The normalized spacial score (nSPS) is 52.4. The van der Waals surface area contributed by atoms with Crippen LogP contribution in [0.25, 0.3) is 0 Å². The Morgan fingerprint density at radius 1 is 0.550 bits per heavy atom. The van der Waals surface area contributed by atoms with E-state index < -0.39 is 48.1 Å². The molecule has 0 aromatic heterocycles. The number of hydrogen-bond donors (Lipinski definition) is 4. The van der Waals surface area contributed by atoms with Crippen LogP contribution in [0.5, 0.6) is 0 Å². The summed E-state index contributed by atoms with van der Waals surface area (Å²) in [5.74, 6) is -4.51. The lowest BCUT2D eigenvalue weighted by molar-refractivity contribution is -0.177. The highest BCUT2D eigenvalue weighted by Gasteiger charge is 2.59. The van der Waals surface area contributed by atoms with E-state index in [0.29, 0.717) is 0 Å². The Kier molecular flexibility index (Phi) is 3.44. The minimum atomic E-state index is -0.952. The van der Waals surface area contributed by atoms with Gasteiger partial charge in [-0.25, -0.2) is 0 Å². The molecule has 3 aliphatic rings. The number of aliphatic hydroxyl groups excluding tert-OH is 4. The zero-order valence-electron chi connectivity index (χ0n) is 11.1. The van der Waals surface area contributed by atoms with Crippen LogP contribution < -0.4 is 0 Å². The lowest BCUT2D eigenvalue weighted by Crippen LogP contribution is -2.63. The average Bonchev–Trinajstić information content (AvgIpc) is 2.41. The smallest absolute Gasteiger partial charge is 0.145 e. The molecule has 0 spiro atoms. The van der Waals surface area contributed by atoms with Crippen LogP contribution >= 0.6 is 0 Å². The van der Waals surface area contributed by atoms with Gasteiger partial charge in [0.25, 0.3) is 0 Å². The number of Topliss-reactive ketones (excluding diaryl/α,β-unsaturated/α-hetero) is 2. The predicted octanol–water partition coefficient (Wildman–Crippen LogP) is -1.37. The quantitative estimate of drug-likeness (QED) is 0.436. The lowest BCUT2D eigenvalue weighted by atomic mass is 9.55. The summed E-state index contributed by atoms with van der Waals surface area (Å²) in [6.07, 6.45) is -2.71. The first-order valence-electron chi connectivity index (χ1n) is 7.23. The number of carbonyl (C=O) groups excluding carboxylic acids is 2. The molecular formula is C14H20O6. The molecule has 0 aromatic carbocycles. The molecule has 4 N–H and O–H groups in total. The summed E-state index contributed by atoms with van der Waals surface area (Å²) in [5, 5.41) is 40.1. The molecule has 3 fully saturated rings. The van der Waals surface area contributed by atoms with E-state index in [1.165, 1.54) is 0 Å². The SMILES string of the molecule is O=C1C2C(O)CCC(O)C2C(=O)C2C(O)CCC(O)C12. The Balaban J connectivity index is 2.01. The molecule has 0 radical (unpaired) electrons. The van der Waals surface area contributed by atoms with Crippen LogP contribution in [0.15, 0.2) is 0 Å². The Bertz CT molecular complexity index is 359. The summed E-state index contributed by atoms with van der Waals surface area (Å²) >= 11 is 0. The molecule has 0 aliphatic heterocycles. The largest absolute Gasteiger partial charge is 0.392 e. The standard InChI is InChI=1S/C14H20O6/c15-5-1-2-6(16)10-9(5)13(19)11-7(17)3-4-8(18)12(11)14(10)20/h5-12,15-18H,1-4H2. The minimum Gasteiger partial charge on any atom is -0.392 e. The van der Waals surface area contributed by atoms with Crippen LogP contribution in [0.2, 0.25) is 0 Å². The van der Waals surface area contributed by atoms with Gasteiger partial charge in [0.05, 0.1) is 48.1 Å². The van der Waals surface area contributed by atoms with E-state index in [1.54, 1.807) is 0 Å². The fourth-order valence-corrected chi connectivity index (χ4v) is 4.27. The van der Waals surface area contributed by atoms with Crippen molar-refractivity contribution in [2.24, 2.45) is 23.7 Å². The summed E-state index contributed by atoms with van der Waals surface area (Å²) in [6.45, 7) is 0.